The van der Waals surface area contributed by atoms with Crippen molar-refractivity contribution < 1.29 is 23.1 Å². The van der Waals surface area contributed by atoms with Gasteiger partial charge in [0.1, 0.15) is 0 Å². The molecule has 2 amide bonds. The van der Waals surface area contributed by atoms with Crippen molar-refractivity contribution in [2.45, 2.75) is 50.6 Å². The van der Waals surface area contributed by atoms with Crippen molar-refractivity contribution >= 4 is 17.4 Å². The first-order chi connectivity index (χ1) is 12.2. The van der Waals surface area contributed by atoms with E-state index in [1.54, 1.807) is 0 Å². The molecular formula is C18H22F3N3O2. The molecule has 0 spiro atoms. The molecule has 142 valence electrons. The van der Waals surface area contributed by atoms with Gasteiger partial charge in [0.05, 0.1) is 17.4 Å². The van der Waals surface area contributed by atoms with Crippen molar-refractivity contribution in [1.29, 1.82) is 0 Å². The highest BCUT2D eigenvalue weighted by Gasteiger charge is 2.46. The summed E-state index contributed by atoms with van der Waals surface area (Å²) in [6.07, 6.45) is -2.12. The predicted octanol–water partition coefficient (Wildman–Crippen LogP) is 3.29. The minimum Gasteiger partial charge on any atom is -0.389 e. The lowest BCUT2D eigenvalue weighted by Crippen LogP contribution is -2.63. The Morgan fingerprint density at radius 3 is 2.42 bits per heavy atom. The van der Waals surface area contributed by atoms with Crippen LogP contribution in [-0.4, -0.2) is 47.3 Å². The standard InChI is InChI=1S/C18H22F3N3O2/c1-10-4-12-7-13(5-10)24(12)17(26)22-11-2-3-15(18(19,20)21)16(6-11)23-8-14(25)9-23/h2-3,6,10,12-14,25H,4-5,7-9H2,1H3,(H,22,26)/t10?,12-,13?/m1/s1. The predicted molar refractivity (Wildman–Crippen MR) is 91.1 cm³/mol. The van der Waals surface area contributed by atoms with E-state index in [0.29, 0.717) is 11.6 Å². The number of aliphatic hydroxyl groups excluding tert-OH is 1. The van der Waals surface area contributed by atoms with Crippen LogP contribution in [0.15, 0.2) is 18.2 Å². The third-order valence-electron chi connectivity index (χ3n) is 5.67. The van der Waals surface area contributed by atoms with Gasteiger partial charge in [0.2, 0.25) is 0 Å². The van der Waals surface area contributed by atoms with Gasteiger partial charge in [-0.05, 0) is 43.4 Å². The minimum absolute atomic E-state index is 0.00183. The van der Waals surface area contributed by atoms with Crippen LogP contribution in [0.5, 0.6) is 0 Å². The van der Waals surface area contributed by atoms with Crippen LogP contribution in [0.3, 0.4) is 0 Å². The van der Waals surface area contributed by atoms with Crippen molar-refractivity contribution in [2.24, 2.45) is 5.92 Å². The Morgan fingerprint density at radius 1 is 1.19 bits per heavy atom. The molecule has 26 heavy (non-hydrogen) atoms. The molecule has 5 nitrogen and oxygen atoms in total. The quantitative estimate of drug-likeness (QED) is 0.841. The average Bonchev–Trinajstić information content (AvgIpc) is 2.50. The largest absolute Gasteiger partial charge is 0.418 e. The maximum Gasteiger partial charge on any atom is 0.418 e. The number of carbonyl (C=O) groups excluding carboxylic acids is 1. The summed E-state index contributed by atoms with van der Waals surface area (Å²) in [7, 11) is 0. The molecule has 1 aromatic carbocycles. The lowest BCUT2D eigenvalue weighted by molar-refractivity contribution is -0.137. The molecule has 4 fully saturated rings. The third-order valence-corrected chi connectivity index (χ3v) is 5.67. The van der Waals surface area contributed by atoms with Gasteiger partial charge in [-0.25, -0.2) is 4.79 Å². The molecule has 0 aromatic heterocycles. The fraction of sp³-hybridized carbons (Fsp3) is 0.611. The number of urea groups is 1. The topological polar surface area (TPSA) is 55.8 Å². The van der Waals surface area contributed by atoms with Gasteiger partial charge < -0.3 is 20.2 Å². The van der Waals surface area contributed by atoms with Crippen LogP contribution < -0.4 is 10.2 Å². The second kappa shape index (κ2) is 6.04. The Kier molecular flexibility index (Phi) is 4.06. The minimum atomic E-state index is -4.48. The fourth-order valence-corrected chi connectivity index (χ4v) is 4.43. The molecule has 3 heterocycles. The molecule has 3 saturated heterocycles. The second-order valence-corrected chi connectivity index (χ2v) is 7.75. The maximum absolute atomic E-state index is 13.3. The molecule has 3 aliphatic heterocycles. The number of β-amino-alcohol motifs (C(OH)–C–C–N with tert-alkyl or cyclic N) is 1. The number of aliphatic hydroxyl groups is 1. The van der Waals surface area contributed by atoms with Crippen molar-refractivity contribution in [3.8, 4) is 0 Å². The van der Waals surface area contributed by atoms with Crippen LogP contribution >= 0.6 is 0 Å². The highest BCUT2D eigenvalue weighted by atomic mass is 19.4. The highest BCUT2D eigenvalue weighted by Crippen LogP contribution is 2.42. The molecule has 1 aliphatic carbocycles. The van der Waals surface area contributed by atoms with Crippen LogP contribution in [0.25, 0.3) is 0 Å². The molecule has 1 saturated carbocycles. The van der Waals surface area contributed by atoms with Gasteiger partial charge in [-0.3, -0.25) is 0 Å². The number of nitrogens with zero attached hydrogens (tertiary/aromatic N) is 2. The van der Waals surface area contributed by atoms with E-state index in [2.05, 4.69) is 12.2 Å². The number of fused-ring (bicyclic) bond motifs is 2. The van der Waals surface area contributed by atoms with Gasteiger partial charge in [0, 0.05) is 30.9 Å². The number of hydrogen-bond acceptors (Lipinski definition) is 3. The Bertz CT molecular complexity index is 706. The number of benzene rings is 1. The summed E-state index contributed by atoms with van der Waals surface area (Å²) in [6, 6.07) is 3.87. The molecule has 5 rings (SSSR count). The zero-order chi connectivity index (χ0) is 18.6. The normalized spacial score (nSPS) is 28.4. The van der Waals surface area contributed by atoms with Gasteiger partial charge in [-0.15, -0.1) is 0 Å². The lowest BCUT2D eigenvalue weighted by Gasteiger charge is -2.54. The Hall–Kier alpha value is -1.96. The summed E-state index contributed by atoms with van der Waals surface area (Å²) in [6.45, 7) is 2.50. The van der Waals surface area contributed by atoms with E-state index in [4.69, 9.17) is 0 Å². The third kappa shape index (κ3) is 3.00. The number of alkyl halides is 3. The van der Waals surface area contributed by atoms with E-state index < -0.39 is 17.8 Å². The summed E-state index contributed by atoms with van der Waals surface area (Å²) < 4.78 is 39.8. The van der Waals surface area contributed by atoms with Crippen LogP contribution in [0.4, 0.5) is 29.3 Å². The van der Waals surface area contributed by atoms with Crippen molar-refractivity contribution in [3.05, 3.63) is 23.8 Å². The second-order valence-electron chi connectivity index (χ2n) is 7.75. The van der Waals surface area contributed by atoms with Crippen LogP contribution in [0.2, 0.25) is 0 Å². The summed E-state index contributed by atoms with van der Waals surface area (Å²) in [4.78, 5) is 15.9. The van der Waals surface area contributed by atoms with Crippen molar-refractivity contribution in [2.75, 3.05) is 23.3 Å². The van der Waals surface area contributed by atoms with E-state index in [0.717, 1.165) is 25.3 Å². The number of anilines is 2. The maximum atomic E-state index is 13.3. The van der Waals surface area contributed by atoms with E-state index in [9.17, 15) is 23.1 Å². The number of hydrogen-bond donors (Lipinski definition) is 2. The zero-order valence-corrected chi connectivity index (χ0v) is 14.5. The summed E-state index contributed by atoms with van der Waals surface area (Å²) in [5.74, 6) is 0.610. The zero-order valence-electron chi connectivity index (χ0n) is 14.5. The monoisotopic (exact) mass is 369 g/mol. The molecular weight excluding hydrogens is 347 g/mol. The van der Waals surface area contributed by atoms with E-state index in [1.165, 1.54) is 17.0 Å². The van der Waals surface area contributed by atoms with Gasteiger partial charge in [-0.2, -0.15) is 13.2 Å². The first-order valence-electron chi connectivity index (χ1n) is 8.96. The number of rotatable bonds is 2. The summed E-state index contributed by atoms with van der Waals surface area (Å²) in [5, 5.41) is 12.2. The molecule has 2 N–H and O–H groups in total. The van der Waals surface area contributed by atoms with E-state index in [-0.39, 0.29) is 36.9 Å². The molecule has 3 atom stereocenters. The lowest BCUT2D eigenvalue weighted by atomic mass is 9.74. The van der Waals surface area contributed by atoms with E-state index >= 15 is 0 Å². The van der Waals surface area contributed by atoms with Crippen molar-refractivity contribution in [3.63, 3.8) is 0 Å². The molecule has 0 radical (unpaired) electrons. The first-order valence-corrected chi connectivity index (χ1v) is 8.96. The average molecular weight is 369 g/mol. The number of piperidine rings is 1. The molecule has 4 aliphatic rings. The van der Waals surface area contributed by atoms with Crippen LogP contribution in [0.1, 0.15) is 31.7 Å². The first kappa shape index (κ1) is 17.5. The molecule has 8 heteroatoms. The van der Waals surface area contributed by atoms with Gasteiger partial charge in [-0.1, -0.05) is 6.92 Å². The van der Waals surface area contributed by atoms with Crippen LogP contribution in [0, 0.1) is 5.92 Å². The van der Waals surface area contributed by atoms with Gasteiger partial charge in [0.25, 0.3) is 0 Å². The van der Waals surface area contributed by atoms with Gasteiger partial charge in [0.15, 0.2) is 0 Å². The SMILES string of the molecule is CC1CC2C[C@@H](C1)N2C(=O)Nc1ccc(C(F)(F)F)c(N2CC(O)C2)c1. The fourth-order valence-electron chi connectivity index (χ4n) is 4.43. The summed E-state index contributed by atoms with van der Waals surface area (Å²) >= 11 is 0. The summed E-state index contributed by atoms with van der Waals surface area (Å²) in [5.41, 5.74) is -0.410. The molecule has 2 bridgehead atoms. The number of nitrogens with one attached hydrogen (secondary N) is 1. The highest BCUT2D eigenvalue weighted by molar-refractivity contribution is 5.91. The number of carbonyl (C=O) groups is 1. The molecule has 2 unspecified atom stereocenters. The van der Waals surface area contributed by atoms with Gasteiger partial charge >= 0.3 is 12.2 Å². The molecule has 1 aromatic rings. The van der Waals surface area contributed by atoms with E-state index in [1.807, 2.05) is 4.90 Å². The Morgan fingerprint density at radius 2 is 1.85 bits per heavy atom. The number of amides is 2. The Balaban J connectivity index is 1.52. The smallest absolute Gasteiger partial charge is 0.389 e. The van der Waals surface area contributed by atoms with Crippen molar-refractivity contribution in [1.82, 2.24) is 4.90 Å². The number of halogens is 3. The van der Waals surface area contributed by atoms with Crippen LogP contribution in [-0.2, 0) is 6.18 Å². The Labute approximate surface area is 149 Å².